The number of nitrogens with zero attached hydrogens (tertiary/aromatic N) is 5. The molecule has 0 radical (unpaired) electrons. The predicted octanol–water partition coefficient (Wildman–Crippen LogP) is 13.4. The van der Waals surface area contributed by atoms with Gasteiger partial charge < -0.3 is 0 Å². The SMILES string of the molecule is CC1(C)CCC(C)(C)c2cc3c(cc21)c1ccccc1n3-c1nc(-c2cccc([Si](c3ccccc3)(c3ccccc3)c3ccccc3)c2)nc(-n2c3ccccc3c3cc4c(cc32)C(C)(C)CC4(C)C)n1. The fraction of sp³-hybridized carbons (Fsp3) is 0.227. The maximum Gasteiger partial charge on any atom is 0.240 e. The molecule has 0 saturated heterocycles. The first-order valence-corrected chi connectivity index (χ1v) is 27.9. The summed E-state index contributed by atoms with van der Waals surface area (Å²) in [5.74, 6) is 1.84. The summed E-state index contributed by atoms with van der Waals surface area (Å²) in [7, 11) is -2.90. The molecule has 2 aliphatic carbocycles. The van der Waals surface area contributed by atoms with E-state index in [0.717, 1.165) is 46.9 Å². The minimum Gasteiger partial charge on any atom is -0.278 e. The Hall–Kier alpha value is -7.41. The molecule has 6 heteroatoms. The van der Waals surface area contributed by atoms with Crippen LogP contribution < -0.4 is 20.7 Å². The lowest BCUT2D eigenvalue weighted by Crippen LogP contribution is -2.74. The van der Waals surface area contributed by atoms with Crippen LogP contribution in [0.1, 0.15) is 96.9 Å². The van der Waals surface area contributed by atoms with Gasteiger partial charge in [0.25, 0.3) is 0 Å². The van der Waals surface area contributed by atoms with Gasteiger partial charge in [-0.15, -0.1) is 0 Å². The molecule has 0 bridgehead atoms. The summed E-state index contributed by atoms with van der Waals surface area (Å²) in [6, 6.07) is 70.1. The van der Waals surface area contributed by atoms with E-state index in [0.29, 0.717) is 17.7 Å². The Morgan fingerprint density at radius 2 is 0.736 bits per heavy atom. The lowest BCUT2D eigenvalue weighted by atomic mass is 9.63. The predicted molar refractivity (Wildman–Crippen MR) is 304 cm³/mol. The summed E-state index contributed by atoms with van der Waals surface area (Å²) in [5, 5.41) is 10.1. The van der Waals surface area contributed by atoms with Gasteiger partial charge in [0, 0.05) is 27.1 Å². The molecule has 11 aromatic rings. The highest BCUT2D eigenvalue weighted by molar-refractivity contribution is 7.19. The summed E-state index contributed by atoms with van der Waals surface area (Å²) < 4.78 is 4.65. The summed E-state index contributed by atoms with van der Waals surface area (Å²) in [5.41, 5.74) is 11.1. The van der Waals surface area contributed by atoms with Crippen molar-refractivity contribution in [3.63, 3.8) is 0 Å². The molecular weight excluding hydrogens is 891 g/mol. The Kier molecular flexibility index (Phi) is 9.77. The summed E-state index contributed by atoms with van der Waals surface area (Å²) >= 11 is 0. The Morgan fingerprint density at radius 1 is 0.347 bits per heavy atom. The van der Waals surface area contributed by atoms with Crippen LogP contribution in [0, 0.1) is 0 Å². The van der Waals surface area contributed by atoms with Gasteiger partial charge in [0.15, 0.2) is 13.9 Å². The highest BCUT2D eigenvalue weighted by Gasteiger charge is 2.44. The van der Waals surface area contributed by atoms with Crippen molar-refractivity contribution in [2.45, 2.75) is 96.3 Å². The number of hydrogen-bond acceptors (Lipinski definition) is 3. The van der Waals surface area contributed by atoms with E-state index in [1.54, 1.807) is 0 Å². The van der Waals surface area contributed by atoms with Crippen LogP contribution >= 0.6 is 0 Å². The molecule has 0 atom stereocenters. The molecule has 0 N–H and O–H groups in total. The lowest BCUT2D eigenvalue weighted by Gasteiger charge is -2.42. The van der Waals surface area contributed by atoms with E-state index in [-0.39, 0.29) is 21.7 Å². The number of aromatic nitrogens is 5. The van der Waals surface area contributed by atoms with E-state index >= 15 is 0 Å². The fourth-order valence-corrected chi connectivity index (χ4v) is 18.3. The van der Waals surface area contributed by atoms with E-state index in [1.165, 1.54) is 64.5 Å². The zero-order valence-corrected chi connectivity index (χ0v) is 43.8. The van der Waals surface area contributed by atoms with Crippen LogP contribution in [0.4, 0.5) is 0 Å². The van der Waals surface area contributed by atoms with Gasteiger partial charge in [-0.1, -0.05) is 207 Å². The van der Waals surface area contributed by atoms with Crippen LogP contribution in [0.3, 0.4) is 0 Å². The monoisotopic (exact) mass is 951 g/mol. The minimum atomic E-state index is -2.90. The van der Waals surface area contributed by atoms with Gasteiger partial charge in [0.05, 0.1) is 22.1 Å². The number of rotatable bonds is 7. The second kappa shape index (κ2) is 15.8. The molecular formula is C66H61N5Si. The first kappa shape index (κ1) is 44.5. The highest BCUT2D eigenvalue weighted by Crippen LogP contribution is 2.52. The van der Waals surface area contributed by atoms with Crippen LogP contribution in [-0.4, -0.2) is 32.2 Å². The molecule has 2 aliphatic rings. The van der Waals surface area contributed by atoms with Gasteiger partial charge >= 0.3 is 0 Å². The summed E-state index contributed by atoms with van der Waals surface area (Å²) in [4.78, 5) is 17.1. The molecule has 0 aliphatic heterocycles. The topological polar surface area (TPSA) is 48.5 Å². The molecule has 354 valence electrons. The fourth-order valence-electron chi connectivity index (χ4n) is 13.5. The van der Waals surface area contributed by atoms with Crippen LogP contribution in [0.2, 0.25) is 0 Å². The standard InChI is InChI=1S/C66H61N5Si/c1-63(2)35-36-64(3,4)54-40-58-50(38-52(54)63)48-31-18-20-33-56(48)70(58)61-67-60(68-62(69-61)71-57-34-21-19-32-49(57)51-39-53-55(41-59(51)71)66(7,8)42-65(53,5)6)43-23-22-30-47(37-43)72(44-24-12-9-13-25-44,45-26-14-10-15-27-45)46-28-16-11-17-29-46/h9-34,37-41H,35-36,42H2,1-8H3. The summed E-state index contributed by atoms with van der Waals surface area (Å²) in [6.07, 6.45) is 3.36. The second-order valence-corrected chi connectivity index (χ2v) is 27.2. The summed E-state index contributed by atoms with van der Waals surface area (Å²) in [6.45, 7) is 19.3. The van der Waals surface area contributed by atoms with Crippen LogP contribution in [0.15, 0.2) is 188 Å². The first-order valence-electron chi connectivity index (χ1n) is 25.9. The molecule has 5 nitrogen and oxygen atoms in total. The zero-order valence-electron chi connectivity index (χ0n) is 42.8. The Morgan fingerprint density at radius 3 is 1.21 bits per heavy atom. The quantitative estimate of drug-likeness (QED) is 0.118. The van der Waals surface area contributed by atoms with Crippen molar-refractivity contribution in [2.24, 2.45) is 0 Å². The van der Waals surface area contributed by atoms with Crippen molar-refractivity contribution < 1.29 is 0 Å². The average molecular weight is 952 g/mol. The van der Waals surface area contributed by atoms with Crippen molar-refractivity contribution in [2.75, 3.05) is 0 Å². The maximum absolute atomic E-state index is 5.71. The maximum atomic E-state index is 5.71. The molecule has 0 fully saturated rings. The van der Waals surface area contributed by atoms with Crippen molar-refractivity contribution in [1.82, 2.24) is 24.1 Å². The minimum absolute atomic E-state index is 0.00126. The number of fused-ring (bicyclic) bond motifs is 8. The van der Waals surface area contributed by atoms with E-state index in [4.69, 9.17) is 15.0 Å². The van der Waals surface area contributed by atoms with Crippen LogP contribution in [0.25, 0.3) is 66.9 Å². The second-order valence-electron chi connectivity index (χ2n) is 23.4. The van der Waals surface area contributed by atoms with E-state index in [9.17, 15) is 0 Å². The molecule has 72 heavy (non-hydrogen) atoms. The molecule has 0 spiro atoms. The third kappa shape index (κ3) is 6.60. The van der Waals surface area contributed by atoms with Gasteiger partial charge in [0.1, 0.15) is 0 Å². The molecule has 0 unspecified atom stereocenters. The first-order chi connectivity index (χ1) is 34.7. The lowest BCUT2D eigenvalue weighted by molar-refractivity contribution is 0.332. The smallest absolute Gasteiger partial charge is 0.240 e. The van der Waals surface area contributed by atoms with E-state index in [2.05, 4.69) is 253 Å². The van der Waals surface area contributed by atoms with Gasteiger partial charge in [-0.25, -0.2) is 0 Å². The van der Waals surface area contributed by atoms with Crippen LogP contribution in [-0.2, 0) is 21.7 Å². The molecule has 0 amide bonds. The highest BCUT2D eigenvalue weighted by atomic mass is 28.3. The molecule has 3 heterocycles. The molecule has 8 aromatic carbocycles. The number of benzene rings is 8. The Balaban J connectivity index is 1.14. The van der Waals surface area contributed by atoms with Gasteiger partial charge in [-0.05, 0) is 120 Å². The van der Waals surface area contributed by atoms with E-state index < -0.39 is 8.07 Å². The largest absolute Gasteiger partial charge is 0.278 e. The zero-order chi connectivity index (χ0) is 49.4. The number of para-hydroxylation sites is 2. The van der Waals surface area contributed by atoms with Gasteiger partial charge in [-0.3, -0.25) is 9.13 Å². The molecule has 13 rings (SSSR count). The average Bonchev–Trinajstić information content (AvgIpc) is 3.96. The third-order valence-electron chi connectivity index (χ3n) is 17.0. The van der Waals surface area contributed by atoms with Crippen molar-refractivity contribution >= 4 is 72.4 Å². The molecule has 0 saturated carbocycles. The third-order valence-corrected chi connectivity index (χ3v) is 21.8. The Labute approximate surface area is 424 Å². The molecule has 3 aromatic heterocycles. The van der Waals surface area contributed by atoms with Gasteiger partial charge in [0.2, 0.25) is 11.9 Å². The van der Waals surface area contributed by atoms with Crippen LogP contribution in [0.5, 0.6) is 0 Å². The normalized spacial score (nSPS) is 16.6. The van der Waals surface area contributed by atoms with Crippen molar-refractivity contribution in [3.05, 3.63) is 210 Å². The van der Waals surface area contributed by atoms with Crippen molar-refractivity contribution in [1.29, 1.82) is 0 Å². The Bertz CT molecular complexity index is 3860. The van der Waals surface area contributed by atoms with E-state index in [1.807, 2.05) is 0 Å². The van der Waals surface area contributed by atoms with Gasteiger partial charge in [-0.2, -0.15) is 15.0 Å². The number of hydrogen-bond donors (Lipinski definition) is 0. The van der Waals surface area contributed by atoms with Crippen molar-refractivity contribution in [3.8, 4) is 23.3 Å².